The van der Waals surface area contributed by atoms with Crippen LogP contribution in [0.3, 0.4) is 0 Å². The highest BCUT2D eigenvalue weighted by Crippen LogP contribution is 2.23. The predicted molar refractivity (Wildman–Crippen MR) is 78.7 cm³/mol. The number of hydrogen-bond acceptors (Lipinski definition) is 3. The van der Waals surface area contributed by atoms with E-state index in [1.165, 1.54) is 0 Å². The molecule has 1 aliphatic heterocycles. The summed E-state index contributed by atoms with van der Waals surface area (Å²) in [5.74, 6) is -0.691. The number of hydrogen-bond donors (Lipinski definition) is 1. The molecule has 1 saturated heterocycles. The van der Waals surface area contributed by atoms with Crippen molar-refractivity contribution in [2.75, 3.05) is 11.5 Å². The minimum Gasteiger partial charge on any atom is -0.347 e. The van der Waals surface area contributed by atoms with Crippen LogP contribution in [0.25, 0.3) is 0 Å². The topological polar surface area (TPSA) is 63.2 Å². The van der Waals surface area contributed by atoms with Gasteiger partial charge in [-0.15, -0.1) is 11.6 Å². The van der Waals surface area contributed by atoms with Crippen LogP contribution in [0.15, 0.2) is 22.7 Å². The molecule has 4 nitrogen and oxygen atoms in total. The van der Waals surface area contributed by atoms with Crippen LogP contribution in [0.2, 0.25) is 5.02 Å². The molecule has 1 amide bonds. The van der Waals surface area contributed by atoms with Gasteiger partial charge in [-0.1, -0.05) is 27.5 Å². The fourth-order valence-electron chi connectivity index (χ4n) is 1.85. The summed E-state index contributed by atoms with van der Waals surface area (Å²) in [5.41, 5.74) is 0.282. The monoisotopic (exact) mass is 385 g/mol. The van der Waals surface area contributed by atoms with Gasteiger partial charge in [-0.2, -0.15) is 0 Å². The molecule has 0 aliphatic carbocycles. The van der Waals surface area contributed by atoms with Crippen molar-refractivity contribution in [3.63, 3.8) is 0 Å². The fraction of sp³-hybridized carbons (Fsp3) is 0.364. The molecule has 1 aliphatic rings. The Morgan fingerprint density at radius 1 is 1.37 bits per heavy atom. The van der Waals surface area contributed by atoms with E-state index in [1.807, 2.05) is 0 Å². The van der Waals surface area contributed by atoms with E-state index in [1.54, 1.807) is 18.2 Å². The summed E-state index contributed by atoms with van der Waals surface area (Å²) in [6.45, 7) is 0. The Hall–Kier alpha value is -0.300. The number of halogens is 3. The summed E-state index contributed by atoms with van der Waals surface area (Å²) in [5, 5.41) is 2.30. The van der Waals surface area contributed by atoms with Gasteiger partial charge in [0.1, 0.15) is 0 Å². The van der Waals surface area contributed by atoms with E-state index < -0.39 is 27.2 Å². The minimum absolute atomic E-state index is 0.119. The minimum atomic E-state index is -3.18. The average Bonchev–Trinajstić information content (AvgIpc) is 2.55. The maximum atomic E-state index is 12.1. The van der Waals surface area contributed by atoms with Gasteiger partial charge in [0, 0.05) is 4.47 Å². The van der Waals surface area contributed by atoms with Gasteiger partial charge in [0.25, 0.3) is 5.91 Å². The van der Waals surface area contributed by atoms with E-state index in [0.29, 0.717) is 9.50 Å². The fourth-order valence-corrected chi connectivity index (χ4v) is 4.97. The van der Waals surface area contributed by atoms with Gasteiger partial charge in [-0.05, 0) is 18.2 Å². The third-order valence-electron chi connectivity index (χ3n) is 2.77. The molecule has 1 aromatic carbocycles. The molecule has 1 N–H and O–H groups in total. The van der Waals surface area contributed by atoms with Crippen molar-refractivity contribution < 1.29 is 13.2 Å². The molecule has 2 unspecified atom stereocenters. The van der Waals surface area contributed by atoms with Crippen LogP contribution >= 0.6 is 39.1 Å². The third-order valence-corrected chi connectivity index (χ3v) is 5.97. The molecular weight excluding hydrogens is 377 g/mol. The summed E-state index contributed by atoms with van der Waals surface area (Å²) >= 11 is 15.1. The zero-order valence-electron chi connectivity index (χ0n) is 9.57. The number of carbonyl (C=O) groups excluding carboxylic acids is 1. The molecule has 1 heterocycles. The zero-order valence-corrected chi connectivity index (χ0v) is 13.5. The first-order chi connectivity index (χ1) is 8.78. The van der Waals surface area contributed by atoms with Gasteiger partial charge in [-0.25, -0.2) is 8.42 Å². The van der Waals surface area contributed by atoms with Gasteiger partial charge in [0.05, 0.1) is 33.5 Å². The Balaban J connectivity index is 2.16. The third kappa shape index (κ3) is 3.62. The Bertz CT molecular complexity index is 620. The maximum absolute atomic E-state index is 12.1. The lowest BCUT2D eigenvalue weighted by atomic mass is 10.2. The smallest absolute Gasteiger partial charge is 0.253 e. The number of rotatable bonds is 2. The van der Waals surface area contributed by atoms with Crippen LogP contribution < -0.4 is 5.32 Å². The lowest BCUT2D eigenvalue weighted by molar-refractivity contribution is 0.0941. The van der Waals surface area contributed by atoms with E-state index in [0.717, 1.165) is 0 Å². The summed E-state index contributed by atoms with van der Waals surface area (Å²) in [6.07, 6.45) is 0. The van der Waals surface area contributed by atoms with Crippen LogP contribution in [0, 0.1) is 0 Å². The predicted octanol–water partition coefficient (Wildman–Crippen LogP) is 2.24. The highest BCUT2D eigenvalue weighted by molar-refractivity contribution is 9.10. The number of nitrogens with one attached hydrogen (secondary N) is 1. The Labute approximate surface area is 129 Å². The van der Waals surface area contributed by atoms with Crippen LogP contribution in [0.1, 0.15) is 10.4 Å². The highest BCUT2D eigenvalue weighted by Gasteiger charge is 2.37. The van der Waals surface area contributed by atoms with E-state index in [4.69, 9.17) is 23.2 Å². The van der Waals surface area contributed by atoms with Crippen LogP contribution in [0.4, 0.5) is 0 Å². The van der Waals surface area contributed by atoms with Gasteiger partial charge < -0.3 is 5.32 Å². The lowest BCUT2D eigenvalue weighted by Crippen LogP contribution is -2.40. The molecule has 0 saturated carbocycles. The molecule has 8 heteroatoms. The van der Waals surface area contributed by atoms with Crippen LogP contribution in [-0.2, 0) is 9.84 Å². The zero-order chi connectivity index (χ0) is 14.2. The molecule has 0 spiro atoms. The van der Waals surface area contributed by atoms with Crippen molar-refractivity contribution in [1.82, 2.24) is 5.32 Å². The number of sulfone groups is 1. The van der Waals surface area contributed by atoms with Crippen molar-refractivity contribution in [3.05, 3.63) is 33.3 Å². The van der Waals surface area contributed by atoms with Gasteiger partial charge in [0.2, 0.25) is 0 Å². The molecule has 1 aromatic rings. The van der Waals surface area contributed by atoms with Crippen LogP contribution in [0.5, 0.6) is 0 Å². The van der Waals surface area contributed by atoms with E-state index in [-0.39, 0.29) is 17.1 Å². The quantitative estimate of drug-likeness (QED) is 0.792. The molecular formula is C11H10BrCl2NO3S. The van der Waals surface area contributed by atoms with E-state index >= 15 is 0 Å². The van der Waals surface area contributed by atoms with Crippen molar-refractivity contribution >= 4 is 54.9 Å². The molecule has 0 bridgehead atoms. The first kappa shape index (κ1) is 15.1. The van der Waals surface area contributed by atoms with E-state index in [2.05, 4.69) is 21.2 Å². The maximum Gasteiger partial charge on any atom is 0.253 e. The van der Waals surface area contributed by atoms with Crippen molar-refractivity contribution in [1.29, 1.82) is 0 Å². The highest BCUT2D eigenvalue weighted by atomic mass is 79.9. The Kier molecular flexibility index (Phi) is 4.45. The molecule has 0 radical (unpaired) electrons. The first-order valence-electron chi connectivity index (χ1n) is 5.39. The number of amides is 1. The second kappa shape index (κ2) is 5.60. The second-order valence-electron chi connectivity index (χ2n) is 4.30. The van der Waals surface area contributed by atoms with Crippen molar-refractivity contribution in [2.24, 2.45) is 0 Å². The molecule has 0 aromatic heterocycles. The Morgan fingerprint density at radius 3 is 2.63 bits per heavy atom. The standard InChI is InChI=1S/C11H10BrCl2NO3S/c12-6-1-2-8(13)7(3-6)11(16)15-10-5-19(17,18)4-9(10)14/h1-3,9-10H,4-5H2,(H,15,16). The summed E-state index contributed by atoms with van der Waals surface area (Å²) in [6, 6.07) is 4.28. The molecule has 2 atom stereocenters. The molecule has 1 fully saturated rings. The average molecular weight is 387 g/mol. The molecule has 2 rings (SSSR count). The SMILES string of the molecule is O=C(NC1CS(=O)(=O)CC1Cl)c1cc(Br)ccc1Cl. The molecule has 19 heavy (non-hydrogen) atoms. The first-order valence-corrected chi connectivity index (χ1v) is 8.82. The number of benzene rings is 1. The summed E-state index contributed by atoms with van der Waals surface area (Å²) in [4.78, 5) is 12.1. The van der Waals surface area contributed by atoms with Gasteiger partial charge in [-0.3, -0.25) is 4.79 Å². The van der Waals surface area contributed by atoms with E-state index in [9.17, 15) is 13.2 Å². The number of carbonyl (C=O) groups is 1. The van der Waals surface area contributed by atoms with Gasteiger partial charge >= 0.3 is 0 Å². The second-order valence-corrected chi connectivity index (χ2v) is 8.33. The largest absolute Gasteiger partial charge is 0.347 e. The lowest BCUT2D eigenvalue weighted by Gasteiger charge is -2.15. The van der Waals surface area contributed by atoms with Crippen molar-refractivity contribution in [3.8, 4) is 0 Å². The van der Waals surface area contributed by atoms with Gasteiger partial charge in [0.15, 0.2) is 9.84 Å². The normalized spacial score (nSPS) is 25.2. The molecule has 104 valence electrons. The summed E-state index contributed by atoms with van der Waals surface area (Å²) in [7, 11) is -3.18. The number of alkyl halides is 1. The Morgan fingerprint density at radius 2 is 2.05 bits per heavy atom. The summed E-state index contributed by atoms with van der Waals surface area (Å²) < 4.78 is 23.6. The van der Waals surface area contributed by atoms with Crippen molar-refractivity contribution in [2.45, 2.75) is 11.4 Å². The van der Waals surface area contributed by atoms with Crippen LogP contribution in [-0.4, -0.2) is 37.2 Å².